The van der Waals surface area contributed by atoms with Gasteiger partial charge in [0.15, 0.2) is 11.5 Å². The first kappa shape index (κ1) is 27.2. The van der Waals surface area contributed by atoms with Crippen molar-refractivity contribution in [3.8, 4) is 16.9 Å². The second kappa shape index (κ2) is 11.4. The molecule has 1 fully saturated rings. The molecule has 208 valence electrons. The van der Waals surface area contributed by atoms with Crippen molar-refractivity contribution in [3.05, 3.63) is 78.1 Å². The molecule has 0 radical (unpaired) electrons. The van der Waals surface area contributed by atoms with Crippen LogP contribution < -0.4 is 15.8 Å². The molecule has 1 aromatic heterocycles. The second-order valence-electron chi connectivity index (χ2n) is 10.6. The number of nitrogens with zero attached hydrogens (tertiary/aromatic N) is 4. The van der Waals surface area contributed by atoms with Crippen molar-refractivity contribution < 1.29 is 14.3 Å². The predicted molar refractivity (Wildman–Crippen MR) is 156 cm³/mol. The summed E-state index contributed by atoms with van der Waals surface area (Å²) in [6.07, 6.45) is 5.22. The maximum Gasteiger partial charge on any atom is 0.261 e. The van der Waals surface area contributed by atoms with Crippen LogP contribution in [-0.2, 0) is 21.7 Å². The van der Waals surface area contributed by atoms with Gasteiger partial charge in [-0.1, -0.05) is 24.3 Å². The normalized spacial score (nSPS) is 19.5. The van der Waals surface area contributed by atoms with E-state index in [2.05, 4.69) is 10.3 Å². The number of nitrogens with one attached hydrogen (secondary N) is 1. The molecule has 5 rings (SSSR count). The van der Waals surface area contributed by atoms with E-state index in [1.165, 1.54) is 0 Å². The van der Waals surface area contributed by atoms with E-state index in [0.717, 1.165) is 46.5 Å². The van der Waals surface area contributed by atoms with Crippen LogP contribution in [0.5, 0.6) is 5.75 Å². The number of nitrogens with two attached hydrogens (primary N) is 1. The van der Waals surface area contributed by atoms with E-state index >= 15 is 0 Å². The number of methoxy groups -OCH3 is 1. The smallest absolute Gasteiger partial charge is 0.261 e. The van der Waals surface area contributed by atoms with Gasteiger partial charge < -0.3 is 20.7 Å². The number of aromatic nitrogens is 1. The highest BCUT2D eigenvalue weighted by atomic mass is 16.5. The van der Waals surface area contributed by atoms with Gasteiger partial charge in [-0.15, -0.1) is 0 Å². The van der Waals surface area contributed by atoms with Gasteiger partial charge in [-0.25, -0.2) is 4.99 Å². The Kier molecular flexibility index (Phi) is 7.73. The largest absolute Gasteiger partial charge is 0.497 e. The number of guanidine groups is 1. The molecule has 1 unspecified atom stereocenters. The van der Waals surface area contributed by atoms with Crippen LogP contribution in [-0.4, -0.2) is 59.3 Å². The van der Waals surface area contributed by atoms with E-state index < -0.39 is 5.54 Å². The number of pyridine rings is 1. The third kappa shape index (κ3) is 5.50. The fraction of sp³-hybridized carbons (Fsp3) is 0.355. The summed E-state index contributed by atoms with van der Waals surface area (Å²) < 4.78 is 5.53. The van der Waals surface area contributed by atoms with Gasteiger partial charge >= 0.3 is 0 Å². The van der Waals surface area contributed by atoms with Crippen LogP contribution >= 0.6 is 0 Å². The standard InChI is InChI=1S/C31H36N6O3/c1-21(38)36-14-11-22(12-15-36)20-37-29(39)31(2,35-30(37)32)25-7-4-6-23(16-25)28-17-27(40-3)10-9-24(28)18-34-26-8-5-13-33-19-26/h4-10,13,16-17,19,22,34H,11-12,14-15,18,20H2,1-3H3,(H2,32,35). The highest BCUT2D eigenvalue weighted by Crippen LogP contribution is 2.37. The Hall–Kier alpha value is -4.40. The molecule has 0 aliphatic carbocycles. The second-order valence-corrected chi connectivity index (χ2v) is 10.6. The number of anilines is 1. The molecule has 1 saturated heterocycles. The Morgan fingerprint density at radius 2 is 1.95 bits per heavy atom. The lowest BCUT2D eigenvalue weighted by molar-refractivity contribution is -0.133. The minimum absolute atomic E-state index is 0.0938. The first-order chi connectivity index (χ1) is 19.3. The third-order valence-electron chi connectivity index (χ3n) is 7.97. The Bertz CT molecular complexity index is 1420. The number of ether oxygens (including phenoxy) is 1. The number of benzene rings is 2. The summed E-state index contributed by atoms with van der Waals surface area (Å²) >= 11 is 0. The van der Waals surface area contributed by atoms with Crippen molar-refractivity contribution >= 4 is 23.5 Å². The minimum Gasteiger partial charge on any atom is -0.497 e. The summed E-state index contributed by atoms with van der Waals surface area (Å²) in [6, 6.07) is 17.8. The van der Waals surface area contributed by atoms with Crippen molar-refractivity contribution in [3.63, 3.8) is 0 Å². The predicted octanol–water partition coefficient (Wildman–Crippen LogP) is 4.00. The molecule has 2 aliphatic heterocycles. The first-order valence-electron chi connectivity index (χ1n) is 13.6. The Labute approximate surface area is 235 Å². The SMILES string of the molecule is COc1ccc(CNc2cccnc2)c(-c2cccc(C3(C)N=C(N)N(CC4CCN(C(C)=O)CC4)C3=O)c2)c1. The van der Waals surface area contributed by atoms with Crippen molar-refractivity contribution in [2.45, 2.75) is 38.8 Å². The zero-order valence-electron chi connectivity index (χ0n) is 23.3. The maximum atomic E-state index is 13.8. The maximum absolute atomic E-state index is 13.8. The number of rotatable bonds is 8. The van der Waals surface area contributed by atoms with E-state index in [4.69, 9.17) is 15.5 Å². The number of hydrogen-bond donors (Lipinski definition) is 2. The van der Waals surface area contributed by atoms with Gasteiger partial charge in [0, 0.05) is 45.5 Å². The van der Waals surface area contributed by atoms with Crippen LogP contribution in [0.2, 0.25) is 0 Å². The van der Waals surface area contributed by atoms with Crippen LogP contribution in [0.25, 0.3) is 11.1 Å². The Morgan fingerprint density at radius 3 is 2.65 bits per heavy atom. The average Bonchev–Trinajstić information content (AvgIpc) is 3.20. The molecule has 9 heteroatoms. The van der Waals surface area contributed by atoms with E-state index in [-0.39, 0.29) is 23.7 Å². The fourth-order valence-electron chi connectivity index (χ4n) is 5.52. The van der Waals surface area contributed by atoms with Gasteiger partial charge in [-0.3, -0.25) is 19.5 Å². The summed E-state index contributed by atoms with van der Waals surface area (Å²) in [5.41, 5.74) is 9.96. The number of piperidine rings is 1. The quantitative estimate of drug-likeness (QED) is 0.447. The zero-order chi connectivity index (χ0) is 28.3. The molecular formula is C31H36N6O3. The first-order valence-corrected chi connectivity index (χ1v) is 13.6. The van der Waals surface area contributed by atoms with Crippen molar-refractivity contribution in [1.29, 1.82) is 0 Å². The van der Waals surface area contributed by atoms with Gasteiger partial charge in [0.2, 0.25) is 5.91 Å². The summed E-state index contributed by atoms with van der Waals surface area (Å²) in [4.78, 5) is 37.8. The van der Waals surface area contributed by atoms with E-state index in [0.29, 0.717) is 26.2 Å². The topological polar surface area (TPSA) is 113 Å². The number of aliphatic imine (C=N–C) groups is 1. The van der Waals surface area contributed by atoms with Crippen LogP contribution in [0.15, 0.2) is 72.0 Å². The van der Waals surface area contributed by atoms with Crippen LogP contribution in [0.3, 0.4) is 0 Å². The highest BCUT2D eigenvalue weighted by molar-refractivity contribution is 6.07. The van der Waals surface area contributed by atoms with Gasteiger partial charge in [-0.2, -0.15) is 0 Å². The number of likely N-dealkylation sites (tertiary alicyclic amines) is 1. The van der Waals surface area contributed by atoms with Crippen molar-refractivity contribution in [1.82, 2.24) is 14.8 Å². The molecule has 3 N–H and O–H groups in total. The third-order valence-corrected chi connectivity index (χ3v) is 7.97. The lowest BCUT2D eigenvalue weighted by Gasteiger charge is -2.33. The minimum atomic E-state index is -1.12. The fourth-order valence-corrected chi connectivity index (χ4v) is 5.52. The molecule has 1 atom stereocenters. The Morgan fingerprint density at radius 1 is 1.15 bits per heavy atom. The molecule has 0 spiro atoms. The van der Waals surface area contributed by atoms with Crippen molar-refractivity contribution in [2.75, 3.05) is 32.1 Å². The Balaban J connectivity index is 1.38. The zero-order valence-corrected chi connectivity index (χ0v) is 23.3. The van der Waals surface area contributed by atoms with Gasteiger partial charge in [0.25, 0.3) is 5.91 Å². The van der Waals surface area contributed by atoms with E-state index in [1.54, 1.807) is 31.3 Å². The monoisotopic (exact) mass is 540 g/mol. The number of carbonyl (C=O) groups excluding carboxylic acids is 2. The molecule has 40 heavy (non-hydrogen) atoms. The van der Waals surface area contributed by atoms with Crippen molar-refractivity contribution in [2.24, 2.45) is 16.6 Å². The number of amides is 2. The molecular weight excluding hydrogens is 504 g/mol. The van der Waals surface area contributed by atoms with Crippen LogP contribution in [0.4, 0.5) is 5.69 Å². The van der Waals surface area contributed by atoms with Gasteiger partial charge in [-0.05, 0) is 78.3 Å². The summed E-state index contributed by atoms with van der Waals surface area (Å²) in [5, 5.41) is 3.43. The van der Waals surface area contributed by atoms with Crippen LogP contribution in [0, 0.1) is 5.92 Å². The summed E-state index contributed by atoms with van der Waals surface area (Å²) in [5.74, 6) is 1.23. The molecule has 3 aromatic rings. The molecule has 2 aromatic carbocycles. The summed E-state index contributed by atoms with van der Waals surface area (Å²) in [6.45, 7) is 5.94. The molecule has 2 amide bonds. The van der Waals surface area contributed by atoms with Gasteiger partial charge in [0.1, 0.15) is 5.75 Å². The molecule has 0 saturated carbocycles. The molecule has 9 nitrogen and oxygen atoms in total. The van der Waals surface area contributed by atoms with Crippen LogP contribution in [0.1, 0.15) is 37.8 Å². The number of hydrogen-bond acceptors (Lipinski definition) is 7. The lowest BCUT2D eigenvalue weighted by atomic mass is 9.88. The number of carbonyl (C=O) groups is 2. The van der Waals surface area contributed by atoms with Gasteiger partial charge in [0.05, 0.1) is 12.8 Å². The molecule has 0 bridgehead atoms. The van der Waals surface area contributed by atoms with E-state index in [9.17, 15) is 9.59 Å². The molecule has 2 aliphatic rings. The van der Waals surface area contributed by atoms with E-state index in [1.807, 2.05) is 66.4 Å². The lowest BCUT2D eigenvalue weighted by Crippen LogP contribution is -2.46. The summed E-state index contributed by atoms with van der Waals surface area (Å²) in [7, 11) is 1.65. The molecule has 3 heterocycles. The average molecular weight is 541 g/mol. The highest BCUT2D eigenvalue weighted by Gasteiger charge is 2.46.